The van der Waals surface area contributed by atoms with Gasteiger partial charge in [-0.25, -0.2) is 0 Å². The summed E-state index contributed by atoms with van der Waals surface area (Å²) in [6.45, 7) is 0.211. The van der Waals surface area contributed by atoms with Gasteiger partial charge in [0.05, 0.1) is 24.8 Å². The zero-order chi connectivity index (χ0) is 19.9. The van der Waals surface area contributed by atoms with Crippen LogP contribution >= 0.6 is 11.3 Å². The van der Waals surface area contributed by atoms with E-state index >= 15 is 0 Å². The lowest BCUT2D eigenvalue weighted by molar-refractivity contribution is -0.138. The number of carbonyl (C=O) groups is 3. The van der Waals surface area contributed by atoms with Crippen LogP contribution in [0.25, 0.3) is 11.1 Å². The molecule has 7 nitrogen and oxygen atoms in total. The average molecular weight is 398 g/mol. The number of thiophene rings is 1. The van der Waals surface area contributed by atoms with E-state index in [2.05, 4.69) is 10.6 Å². The molecular formula is C20H18N2O5S. The first-order valence-electron chi connectivity index (χ1n) is 8.53. The lowest BCUT2D eigenvalue weighted by Crippen LogP contribution is -2.24. The largest absolute Gasteiger partial charge is 0.481 e. The van der Waals surface area contributed by atoms with Crippen molar-refractivity contribution < 1.29 is 23.9 Å². The maximum Gasteiger partial charge on any atom is 0.303 e. The Labute approximate surface area is 165 Å². The van der Waals surface area contributed by atoms with Crippen molar-refractivity contribution in [2.45, 2.75) is 19.4 Å². The molecule has 0 bridgehead atoms. The van der Waals surface area contributed by atoms with Gasteiger partial charge in [0.2, 0.25) is 5.91 Å². The van der Waals surface area contributed by atoms with Crippen LogP contribution in [-0.4, -0.2) is 22.9 Å². The van der Waals surface area contributed by atoms with Crippen molar-refractivity contribution in [2.75, 3.05) is 5.32 Å². The Morgan fingerprint density at radius 3 is 2.50 bits per heavy atom. The van der Waals surface area contributed by atoms with Crippen LogP contribution in [-0.2, 0) is 16.1 Å². The lowest BCUT2D eigenvalue weighted by Gasteiger charge is -2.09. The fourth-order valence-corrected chi connectivity index (χ4v) is 3.57. The van der Waals surface area contributed by atoms with Gasteiger partial charge >= 0.3 is 5.97 Å². The third-order valence-corrected chi connectivity index (χ3v) is 4.82. The van der Waals surface area contributed by atoms with Crippen LogP contribution in [0.1, 0.15) is 29.0 Å². The topological polar surface area (TPSA) is 109 Å². The molecule has 0 radical (unpaired) electrons. The first-order chi connectivity index (χ1) is 13.5. The third kappa shape index (κ3) is 4.86. The predicted octanol–water partition coefficient (Wildman–Crippen LogP) is 3.74. The predicted molar refractivity (Wildman–Crippen MR) is 105 cm³/mol. The Kier molecular flexibility index (Phi) is 6.23. The van der Waals surface area contributed by atoms with Gasteiger partial charge in [-0.3, -0.25) is 14.4 Å². The standard InChI is InChI=1S/C20H18N2O5S/c23-16(8-9-17(24)25)22-20-18(19(26)21-11-14-7-4-10-27-14)15(12-28-20)13-5-2-1-3-6-13/h1-7,10,12H,8-9,11H2,(H,21,26)(H,22,23)(H,24,25). The zero-order valence-electron chi connectivity index (χ0n) is 14.8. The van der Waals surface area contributed by atoms with Gasteiger partial charge < -0.3 is 20.2 Å². The van der Waals surface area contributed by atoms with Gasteiger partial charge in [0, 0.05) is 17.4 Å². The Hall–Kier alpha value is -3.39. The summed E-state index contributed by atoms with van der Waals surface area (Å²) in [5, 5.41) is 16.4. The molecule has 2 amide bonds. The molecule has 3 aromatic rings. The van der Waals surface area contributed by atoms with Gasteiger partial charge in [0.1, 0.15) is 10.8 Å². The summed E-state index contributed by atoms with van der Waals surface area (Å²) < 4.78 is 5.23. The molecule has 8 heteroatoms. The Bertz CT molecular complexity index is 964. The number of hydrogen-bond acceptors (Lipinski definition) is 5. The highest BCUT2D eigenvalue weighted by Gasteiger charge is 2.22. The second kappa shape index (κ2) is 9.01. The zero-order valence-corrected chi connectivity index (χ0v) is 15.6. The van der Waals surface area contributed by atoms with E-state index in [1.165, 1.54) is 17.6 Å². The number of furan rings is 1. The number of carbonyl (C=O) groups excluding carboxylic acids is 2. The van der Waals surface area contributed by atoms with Crippen molar-refractivity contribution >= 4 is 34.1 Å². The van der Waals surface area contributed by atoms with Crippen molar-refractivity contribution in [3.8, 4) is 11.1 Å². The van der Waals surface area contributed by atoms with Crippen LogP contribution in [0.15, 0.2) is 58.5 Å². The molecule has 3 N–H and O–H groups in total. The number of aliphatic carboxylic acids is 1. The minimum Gasteiger partial charge on any atom is -0.481 e. The highest BCUT2D eigenvalue weighted by Crippen LogP contribution is 2.35. The summed E-state index contributed by atoms with van der Waals surface area (Å²) in [5.74, 6) is -1.26. The van der Waals surface area contributed by atoms with Gasteiger partial charge in [0.25, 0.3) is 5.91 Å². The molecule has 0 saturated carbocycles. The van der Waals surface area contributed by atoms with E-state index in [4.69, 9.17) is 9.52 Å². The van der Waals surface area contributed by atoms with Crippen LogP contribution in [0.5, 0.6) is 0 Å². The maximum absolute atomic E-state index is 12.9. The summed E-state index contributed by atoms with van der Waals surface area (Å²) in [6, 6.07) is 12.8. The molecule has 1 aromatic carbocycles. The quantitative estimate of drug-likeness (QED) is 0.536. The second-order valence-corrected chi connectivity index (χ2v) is 6.80. The molecule has 28 heavy (non-hydrogen) atoms. The molecule has 0 atom stereocenters. The first kappa shape index (κ1) is 19.4. The number of hydrogen-bond donors (Lipinski definition) is 3. The number of carboxylic acid groups (broad SMARTS) is 1. The molecule has 0 spiro atoms. The minimum atomic E-state index is -1.05. The summed E-state index contributed by atoms with van der Waals surface area (Å²) >= 11 is 1.22. The Morgan fingerprint density at radius 2 is 1.82 bits per heavy atom. The highest BCUT2D eigenvalue weighted by atomic mass is 32.1. The summed E-state index contributed by atoms with van der Waals surface area (Å²) in [6.07, 6.45) is 1.08. The summed E-state index contributed by atoms with van der Waals surface area (Å²) in [4.78, 5) is 35.6. The molecule has 0 aliphatic rings. The summed E-state index contributed by atoms with van der Waals surface area (Å²) in [5.41, 5.74) is 1.87. The molecule has 2 heterocycles. The molecule has 3 rings (SSSR count). The van der Waals surface area contributed by atoms with E-state index in [0.717, 1.165) is 5.56 Å². The van der Waals surface area contributed by atoms with Gasteiger partial charge in [-0.15, -0.1) is 11.3 Å². The Morgan fingerprint density at radius 1 is 1.04 bits per heavy atom. The van der Waals surface area contributed by atoms with Gasteiger partial charge in [-0.05, 0) is 17.7 Å². The van der Waals surface area contributed by atoms with Crippen molar-refractivity contribution in [3.63, 3.8) is 0 Å². The number of anilines is 1. The molecule has 0 unspecified atom stereocenters. The fourth-order valence-electron chi connectivity index (χ4n) is 2.58. The van der Waals surface area contributed by atoms with Gasteiger partial charge in [0.15, 0.2) is 0 Å². The van der Waals surface area contributed by atoms with Crippen LogP contribution in [0.3, 0.4) is 0 Å². The average Bonchev–Trinajstić information content (AvgIpc) is 3.35. The smallest absolute Gasteiger partial charge is 0.303 e. The lowest BCUT2D eigenvalue weighted by atomic mass is 10.0. The van der Waals surface area contributed by atoms with Crippen molar-refractivity contribution in [1.82, 2.24) is 5.32 Å². The molecule has 144 valence electrons. The monoisotopic (exact) mass is 398 g/mol. The normalized spacial score (nSPS) is 10.4. The number of amides is 2. The number of carboxylic acids is 1. The molecular weight excluding hydrogens is 380 g/mol. The third-order valence-electron chi connectivity index (χ3n) is 3.93. The van der Waals surface area contributed by atoms with Gasteiger partial charge in [-0.2, -0.15) is 0 Å². The van der Waals surface area contributed by atoms with E-state index in [1.807, 2.05) is 30.3 Å². The number of benzene rings is 1. The van der Waals surface area contributed by atoms with Crippen LogP contribution in [0.2, 0.25) is 0 Å². The number of nitrogens with one attached hydrogen (secondary N) is 2. The first-order valence-corrected chi connectivity index (χ1v) is 9.41. The Balaban J connectivity index is 1.84. The van der Waals surface area contributed by atoms with E-state index in [0.29, 0.717) is 21.9 Å². The van der Waals surface area contributed by atoms with E-state index in [-0.39, 0.29) is 25.3 Å². The molecule has 0 fully saturated rings. The fraction of sp³-hybridized carbons (Fsp3) is 0.150. The SMILES string of the molecule is O=C(O)CCC(=O)Nc1scc(-c2ccccc2)c1C(=O)NCc1ccco1. The highest BCUT2D eigenvalue weighted by molar-refractivity contribution is 7.15. The molecule has 0 aliphatic carbocycles. The minimum absolute atomic E-state index is 0.165. The van der Waals surface area contributed by atoms with Crippen LogP contribution in [0, 0.1) is 0 Å². The molecule has 0 aliphatic heterocycles. The maximum atomic E-state index is 12.9. The summed E-state index contributed by atoms with van der Waals surface area (Å²) in [7, 11) is 0. The van der Waals surface area contributed by atoms with E-state index < -0.39 is 11.9 Å². The number of rotatable bonds is 8. The van der Waals surface area contributed by atoms with Crippen molar-refractivity contribution in [3.05, 3.63) is 65.4 Å². The second-order valence-electron chi connectivity index (χ2n) is 5.92. The van der Waals surface area contributed by atoms with Gasteiger partial charge in [-0.1, -0.05) is 30.3 Å². The molecule has 0 saturated heterocycles. The van der Waals surface area contributed by atoms with Crippen molar-refractivity contribution in [1.29, 1.82) is 0 Å². The van der Waals surface area contributed by atoms with Crippen molar-refractivity contribution in [2.24, 2.45) is 0 Å². The van der Waals surface area contributed by atoms with E-state index in [9.17, 15) is 14.4 Å². The molecule has 2 aromatic heterocycles. The van der Waals surface area contributed by atoms with Crippen LogP contribution < -0.4 is 10.6 Å². The van der Waals surface area contributed by atoms with E-state index in [1.54, 1.807) is 17.5 Å². The van der Waals surface area contributed by atoms with Crippen LogP contribution in [0.4, 0.5) is 5.00 Å².